The molecule has 0 aliphatic carbocycles. The Morgan fingerprint density at radius 2 is 0.516 bits per heavy atom. The van der Waals surface area contributed by atoms with Crippen LogP contribution in [-0.4, -0.2) is 6.71 Å². The van der Waals surface area contributed by atoms with Crippen molar-refractivity contribution in [3.05, 3.63) is 370 Å². The van der Waals surface area contributed by atoms with Gasteiger partial charge in [0.15, 0.2) is 0 Å². The van der Waals surface area contributed by atoms with Crippen molar-refractivity contribution in [1.82, 2.24) is 0 Å². The van der Waals surface area contributed by atoms with E-state index in [1.54, 1.807) is 0 Å². The van der Waals surface area contributed by atoms with Crippen LogP contribution in [-0.2, 0) is 0 Å². The Bertz CT molecular complexity index is 5200. The first-order chi connectivity index (χ1) is 47.1. The molecular formula is C92H61BN2. The Morgan fingerprint density at radius 1 is 0.189 bits per heavy atom. The van der Waals surface area contributed by atoms with Gasteiger partial charge in [0.2, 0.25) is 0 Å². The number of benzene rings is 16. The van der Waals surface area contributed by atoms with E-state index >= 15 is 0 Å². The second-order valence-electron chi connectivity index (χ2n) is 25.0. The molecule has 2 aliphatic heterocycles. The van der Waals surface area contributed by atoms with Crippen molar-refractivity contribution in [1.29, 1.82) is 0 Å². The average molecular weight is 1210 g/mol. The molecule has 16 aromatic rings. The van der Waals surface area contributed by atoms with Crippen LogP contribution in [0.15, 0.2) is 370 Å². The molecule has 0 unspecified atom stereocenters. The van der Waals surface area contributed by atoms with E-state index in [1.165, 1.54) is 65.8 Å². The fourth-order valence-electron chi connectivity index (χ4n) is 15.3. The normalized spacial score (nSPS) is 12.1. The number of hydrogen-bond donors (Lipinski definition) is 0. The second kappa shape index (κ2) is 23.4. The summed E-state index contributed by atoms with van der Waals surface area (Å²) in [5.74, 6) is 0. The Hall–Kier alpha value is -12.3. The second-order valence-corrected chi connectivity index (χ2v) is 25.0. The highest BCUT2D eigenvalue weighted by atomic mass is 15.2. The first-order valence-electron chi connectivity index (χ1n) is 32.9. The van der Waals surface area contributed by atoms with Crippen molar-refractivity contribution in [3.8, 4) is 100 Å². The monoisotopic (exact) mass is 1200 g/mol. The first-order valence-corrected chi connectivity index (χ1v) is 32.9. The van der Waals surface area contributed by atoms with Crippen LogP contribution in [0.2, 0.25) is 0 Å². The summed E-state index contributed by atoms with van der Waals surface area (Å²) < 4.78 is 0. The summed E-state index contributed by atoms with van der Waals surface area (Å²) in [6.45, 7) is -0.163. The number of anilines is 6. The Kier molecular flexibility index (Phi) is 13.7. The first kappa shape index (κ1) is 55.5. The van der Waals surface area contributed by atoms with Gasteiger partial charge in [0.1, 0.15) is 0 Å². The molecule has 0 saturated heterocycles. The van der Waals surface area contributed by atoms with E-state index in [4.69, 9.17) is 0 Å². The quantitative estimate of drug-likeness (QED) is 0.0941. The predicted octanol–water partition coefficient (Wildman–Crippen LogP) is 23.1. The van der Waals surface area contributed by atoms with Gasteiger partial charge in [0, 0.05) is 45.0 Å². The third-order valence-corrected chi connectivity index (χ3v) is 19.6. The highest BCUT2D eigenvalue weighted by Gasteiger charge is 2.45. The number of hydrogen-bond acceptors (Lipinski definition) is 2. The smallest absolute Gasteiger partial charge is 0.252 e. The van der Waals surface area contributed by atoms with Crippen molar-refractivity contribution in [2.75, 3.05) is 9.80 Å². The molecule has 442 valence electrons. The maximum atomic E-state index is 2.67. The van der Waals surface area contributed by atoms with Crippen molar-refractivity contribution >= 4 is 78.8 Å². The molecule has 0 amide bonds. The zero-order valence-corrected chi connectivity index (χ0v) is 52.2. The lowest BCUT2D eigenvalue weighted by Crippen LogP contribution is -2.61. The number of nitrogens with zero attached hydrogens (tertiary/aromatic N) is 2. The lowest BCUT2D eigenvalue weighted by Gasteiger charge is -2.46. The molecule has 0 fully saturated rings. The SMILES string of the molecule is c1ccc(-c2cc(-c3ccccc3)c(N3c4ccccc4B4c5ccccc5N(c5c(-c6ccccc6)cc(-c6ccccc6)cc5-c5ccccc5)c5cc(-c6c7ccc(-c8ccccc8)cc7cc7ccc(-c8ccccc8)cc67)cc3c54)c(-c3ccccc3)c2)cc1. The van der Waals surface area contributed by atoms with E-state index in [1.807, 2.05) is 0 Å². The van der Waals surface area contributed by atoms with Crippen LogP contribution in [0.4, 0.5) is 34.1 Å². The van der Waals surface area contributed by atoms with Gasteiger partial charge < -0.3 is 9.80 Å². The van der Waals surface area contributed by atoms with E-state index in [2.05, 4.69) is 380 Å². The molecular weight excluding hydrogens is 1140 g/mol. The summed E-state index contributed by atoms with van der Waals surface area (Å²) in [6, 6.07) is 138. The van der Waals surface area contributed by atoms with Gasteiger partial charge in [-0.1, -0.05) is 303 Å². The number of rotatable bonds is 11. The number of fused-ring (bicyclic) bond motifs is 6. The van der Waals surface area contributed by atoms with E-state index in [-0.39, 0.29) is 6.71 Å². The molecule has 2 heterocycles. The molecule has 0 bridgehead atoms. The molecule has 0 aromatic heterocycles. The summed E-state index contributed by atoms with van der Waals surface area (Å²) in [7, 11) is 0. The molecule has 0 N–H and O–H groups in total. The molecule has 0 saturated carbocycles. The summed E-state index contributed by atoms with van der Waals surface area (Å²) >= 11 is 0. The van der Waals surface area contributed by atoms with E-state index < -0.39 is 0 Å². The standard InChI is InChI=1S/C92H61BN2/c1-9-29-62(30-10-1)70-51-52-77-75(53-70)54-72-50-49-71(63-31-11-2-12-32-63)55-78(72)89(77)76-60-87-90-88(61-76)95(92-81(68-41-21-7-22-42-68)58-74(65-35-15-4-16-36-65)59-82(92)69-43-23-8-24-44-69)86-48-28-26-46-84(86)93(90)83-45-25-27-47-85(83)94(87)91-79(66-37-17-5-18-38-66)56-73(64-33-13-3-14-34-64)57-80(91)67-39-19-6-20-40-67/h1-61H. The van der Waals surface area contributed by atoms with Crippen LogP contribution in [0.5, 0.6) is 0 Å². The minimum Gasteiger partial charge on any atom is -0.310 e. The fraction of sp³-hybridized carbons (Fsp3) is 0. The largest absolute Gasteiger partial charge is 0.310 e. The van der Waals surface area contributed by atoms with Gasteiger partial charge in [0.05, 0.1) is 11.4 Å². The highest BCUT2D eigenvalue weighted by molar-refractivity contribution is 7.00. The molecule has 18 rings (SSSR count). The number of para-hydroxylation sites is 2. The van der Waals surface area contributed by atoms with Crippen LogP contribution < -0.4 is 26.2 Å². The summed E-state index contributed by atoms with van der Waals surface area (Å²) in [5, 5.41) is 4.72. The molecule has 0 radical (unpaired) electrons. The molecule has 3 heteroatoms. The lowest BCUT2D eigenvalue weighted by atomic mass is 9.33. The van der Waals surface area contributed by atoms with Gasteiger partial charge in [-0.3, -0.25) is 0 Å². The molecule has 0 atom stereocenters. The van der Waals surface area contributed by atoms with Crippen LogP contribution in [0.25, 0.3) is 122 Å². The van der Waals surface area contributed by atoms with Gasteiger partial charge in [-0.15, -0.1) is 0 Å². The molecule has 2 aliphatic rings. The van der Waals surface area contributed by atoms with Gasteiger partial charge in [-0.2, -0.15) is 0 Å². The van der Waals surface area contributed by atoms with Gasteiger partial charge >= 0.3 is 0 Å². The van der Waals surface area contributed by atoms with Gasteiger partial charge in [-0.05, 0) is 183 Å². The van der Waals surface area contributed by atoms with Crippen molar-refractivity contribution in [2.45, 2.75) is 0 Å². The topological polar surface area (TPSA) is 6.48 Å². The zero-order chi connectivity index (χ0) is 62.8. The van der Waals surface area contributed by atoms with Crippen LogP contribution in [0.3, 0.4) is 0 Å². The van der Waals surface area contributed by atoms with Crippen LogP contribution in [0, 0.1) is 0 Å². The van der Waals surface area contributed by atoms with Crippen LogP contribution >= 0.6 is 0 Å². The highest BCUT2D eigenvalue weighted by Crippen LogP contribution is 2.56. The third-order valence-electron chi connectivity index (χ3n) is 19.6. The third kappa shape index (κ3) is 9.67. The van der Waals surface area contributed by atoms with Crippen molar-refractivity contribution in [2.24, 2.45) is 0 Å². The maximum absolute atomic E-state index is 2.67. The fourth-order valence-corrected chi connectivity index (χ4v) is 15.3. The summed E-state index contributed by atoms with van der Waals surface area (Å²) in [4.78, 5) is 5.34. The summed E-state index contributed by atoms with van der Waals surface area (Å²) in [5.41, 5.74) is 31.2. The summed E-state index contributed by atoms with van der Waals surface area (Å²) in [6.07, 6.45) is 0. The van der Waals surface area contributed by atoms with Crippen LogP contribution in [0.1, 0.15) is 0 Å². The van der Waals surface area contributed by atoms with Crippen molar-refractivity contribution in [3.63, 3.8) is 0 Å². The van der Waals surface area contributed by atoms with Crippen molar-refractivity contribution < 1.29 is 0 Å². The lowest BCUT2D eigenvalue weighted by molar-refractivity contribution is 1.25. The molecule has 0 spiro atoms. The van der Waals surface area contributed by atoms with Gasteiger partial charge in [-0.25, -0.2) is 0 Å². The van der Waals surface area contributed by atoms with Gasteiger partial charge in [0.25, 0.3) is 6.71 Å². The Labute approximate surface area is 555 Å². The molecule has 2 nitrogen and oxygen atoms in total. The van der Waals surface area contributed by atoms with E-state index in [0.717, 1.165) is 106 Å². The van der Waals surface area contributed by atoms with E-state index in [0.29, 0.717) is 0 Å². The average Bonchev–Trinajstić information content (AvgIpc) is 0.690. The van der Waals surface area contributed by atoms with E-state index in [9.17, 15) is 0 Å². The predicted molar refractivity (Wildman–Crippen MR) is 404 cm³/mol. The Balaban J connectivity index is 1.03. The molecule has 16 aromatic carbocycles. The Morgan fingerprint density at radius 3 is 0.905 bits per heavy atom. The zero-order valence-electron chi connectivity index (χ0n) is 52.2. The maximum Gasteiger partial charge on any atom is 0.252 e. The minimum atomic E-state index is -0.163. The minimum absolute atomic E-state index is 0.163. The molecule has 95 heavy (non-hydrogen) atoms.